The zero-order chi connectivity index (χ0) is 14.7. The molecular formula is C17H15NO3. The highest BCUT2D eigenvalue weighted by Crippen LogP contribution is 2.19. The van der Waals surface area contributed by atoms with Crippen LogP contribution in [-0.2, 0) is 11.3 Å². The first kappa shape index (κ1) is 13.4. The minimum Gasteiger partial charge on any atom is -0.459 e. The highest BCUT2D eigenvalue weighted by molar-refractivity contribution is 5.82. The Morgan fingerprint density at radius 2 is 1.81 bits per heavy atom. The van der Waals surface area contributed by atoms with Gasteiger partial charge in [0.05, 0.1) is 6.54 Å². The molecule has 4 heteroatoms. The van der Waals surface area contributed by atoms with Gasteiger partial charge in [0.2, 0.25) is 0 Å². The molecule has 1 amide bonds. The molecule has 0 aliphatic carbocycles. The molecule has 0 radical (unpaired) electrons. The van der Waals surface area contributed by atoms with Crippen LogP contribution < -0.4 is 5.32 Å². The molecule has 1 aromatic heterocycles. The molecule has 1 heterocycles. The second-order valence-electron chi connectivity index (χ2n) is 4.78. The average molecular weight is 281 g/mol. The molecule has 4 nitrogen and oxygen atoms in total. The van der Waals surface area contributed by atoms with Gasteiger partial charge in [-0.15, -0.1) is 0 Å². The molecule has 0 aliphatic heterocycles. The molecule has 1 unspecified atom stereocenters. The van der Waals surface area contributed by atoms with Crippen LogP contribution in [0.1, 0.15) is 17.4 Å². The van der Waals surface area contributed by atoms with Crippen molar-refractivity contribution in [2.75, 3.05) is 0 Å². The maximum atomic E-state index is 11.9. The number of para-hydroxylation sites is 1. The molecule has 21 heavy (non-hydrogen) atoms. The van der Waals surface area contributed by atoms with E-state index in [1.165, 1.54) is 0 Å². The van der Waals surface area contributed by atoms with Gasteiger partial charge in [0.15, 0.2) is 6.10 Å². The Bertz CT molecular complexity index is 716. The SMILES string of the molecule is O=C(NCc1cc2ccccc2o1)C(O)c1ccccc1. The van der Waals surface area contributed by atoms with E-state index in [0.29, 0.717) is 11.3 Å². The summed E-state index contributed by atoms with van der Waals surface area (Å²) < 4.78 is 5.61. The van der Waals surface area contributed by atoms with Crippen molar-refractivity contribution in [3.8, 4) is 0 Å². The zero-order valence-corrected chi connectivity index (χ0v) is 11.3. The highest BCUT2D eigenvalue weighted by atomic mass is 16.3. The highest BCUT2D eigenvalue weighted by Gasteiger charge is 2.17. The van der Waals surface area contributed by atoms with Crippen LogP contribution in [0, 0.1) is 0 Å². The van der Waals surface area contributed by atoms with Gasteiger partial charge in [0.25, 0.3) is 5.91 Å². The van der Waals surface area contributed by atoms with E-state index >= 15 is 0 Å². The number of carbonyl (C=O) groups excluding carboxylic acids is 1. The Labute approximate surface area is 122 Å². The summed E-state index contributed by atoms with van der Waals surface area (Å²) in [5.74, 6) is 0.214. The minimum absolute atomic E-state index is 0.247. The summed E-state index contributed by atoms with van der Waals surface area (Å²) in [5.41, 5.74) is 1.35. The maximum absolute atomic E-state index is 11.9. The third-order valence-electron chi connectivity index (χ3n) is 3.28. The third-order valence-corrected chi connectivity index (χ3v) is 3.28. The number of fused-ring (bicyclic) bond motifs is 1. The lowest BCUT2D eigenvalue weighted by Gasteiger charge is -2.10. The van der Waals surface area contributed by atoms with Crippen molar-refractivity contribution < 1.29 is 14.3 Å². The molecule has 2 aromatic carbocycles. The second kappa shape index (κ2) is 5.81. The van der Waals surface area contributed by atoms with Crippen molar-refractivity contribution in [2.45, 2.75) is 12.6 Å². The molecule has 0 saturated carbocycles. The summed E-state index contributed by atoms with van der Waals surface area (Å²) in [6, 6.07) is 18.4. The lowest BCUT2D eigenvalue weighted by molar-refractivity contribution is -0.129. The van der Waals surface area contributed by atoms with Crippen molar-refractivity contribution in [2.24, 2.45) is 0 Å². The maximum Gasteiger partial charge on any atom is 0.253 e. The van der Waals surface area contributed by atoms with Crippen LogP contribution in [0.5, 0.6) is 0 Å². The number of aliphatic hydroxyl groups is 1. The zero-order valence-electron chi connectivity index (χ0n) is 11.3. The summed E-state index contributed by atoms with van der Waals surface area (Å²) in [4.78, 5) is 11.9. The topological polar surface area (TPSA) is 62.5 Å². The second-order valence-corrected chi connectivity index (χ2v) is 4.78. The average Bonchev–Trinajstić information content (AvgIpc) is 2.95. The van der Waals surface area contributed by atoms with E-state index in [1.807, 2.05) is 36.4 Å². The molecule has 2 N–H and O–H groups in total. The Morgan fingerprint density at radius 3 is 2.57 bits per heavy atom. The Kier molecular flexibility index (Phi) is 3.71. The van der Waals surface area contributed by atoms with Crippen LogP contribution >= 0.6 is 0 Å². The van der Waals surface area contributed by atoms with E-state index in [1.54, 1.807) is 24.3 Å². The number of nitrogens with one attached hydrogen (secondary N) is 1. The van der Waals surface area contributed by atoms with E-state index < -0.39 is 12.0 Å². The van der Waals surface area contributed by atoms with E-state index in [9.17, 15) is 9.90 Å². The van der Waals surface area contributed by atoms with Crippen molar-refractivity contribution in [1.82, 2.24) is 5.32 Å². The quantitative estimate of drug-likeness (QED) is 0.773. The standard InChI is InChI=1S/C17H15NO3/c19-16(12-6-2-1-3-7-12)17(20)18-11-14-10-13-8-4-5-9-15(13)21-14/h1-10,16,19H,11H2,(H,18,20). The molecule has 3 aromatic rings. The van der Waals surface area contributed by atoms with Crippen molar-refractivity contribution in [3.05, 3.63) is 72.0 Å². The van der Waals surface area contributed by atoms with Gasteiger partial charge in [-0.25, -0.2) is 0 Å². The predicted octanol–water partition coefficient (Wildman–Crippen LogP) is 2.78. The minimum atomic E-state index is -1.17. The van der Waals surface area contributed by atoms with Gasteiger partial charge in [0, 0.05) is 5.39 Å². The summed E-state index contributed by atoms with van der Waals surface area (Å²) in [5, 5.41) is 13.6. The van der Waals surface area contributed by atoms with E-state index in [0.717, 1.165) is 11.0 Å². The summed E-state index contributed by atoms with van der Waals surface area (Å²) in [6.45, 7) is 0.247. The molecular weight excluding hydrogens is 266 g/mol. The molecule has 0 aliphatic rings. The first-order valence-electron chi connectivity index (χ1n) is 6.72. The molecule has 3 rings (SSSR count). The van der Waals surface area contributed by atoms with Gasteiger partial charge in [0.1, 0.15) is 11.3 Å². The number of aliphatic hydroxyl groups excluding tert-OH is 1. The van der Waals surface area contributed by atoms with Crippen molar-refractivity contribution in [3.63, 3.8) is 0 Å². The number of benzene rings is 2. The summed E-state index contributed by atoms with van der Waals surface area (Å²) in [6.07, 6.45) is -1.17. The van der Waals surface area contributed by atoms with Crippen LogP contribution in [0.15, 0.2) is 65.1 Å². The first-order valence-corrected chi connectivity index (χ1v) is 6.72. The van der Waals surface area contributed by atoms with Crippen LogP contribution in [0.25, 0.3) is 11.0 Å². The fourth-order valence-corrected chi connectivity index (χ4v) is 2.18. The van der Waals surface area contributed by atoms with Gasteiger partial charge in [-0.2, -0.15) is 0 Å². The van der Waals surface area contributed by atoms with Crippen molar-refractivity contribution in [1.29, 1.82) is 0 Å². The Morgan fingerprint density at radius 1 is 1.10 bits per heavy atom. The van der Waals surface area contributed by atoms with Gasteiger partial charge in [-0.05, 0) is 17.7 Å². The van der Waals surface area contributed by atoms with Gasteiger partial charge in [-0.3, -0.25) is 4.79 Å². The number of hydrogen-bond donors (Lipinski definition) is 2. The van der Waals surface area contributed by atoms with Crippen LogP contribution in [0.2, 0.25) is 0 Å². The molecule has 0 bridgehead atoms. The molecule has 0 spiro atoms. The lowest BCUT2D eigenvalue weighted by Crippen LogP contribution is -2.28. The smallest absolute Gasteiger partial charge is 0.253 e. The van der Waals surface area contributed by atoms with Gasteiger partial charge < -0.3 is 14.8 Å². The first-order chi connectivity index (χ1) is 10.2. The van der Waals surface area contributed by atoms with Crippen LogP contribution in [0.3, 0.4) is 0 Å². The number of rotatable bonds is 4. The van der Waals surface area contributed by atoms with Crippen molar-refractivity contribution >= 4 is 16.9 Å². The Hall–Kier alpha value is -2.59. The monoisotopic (exact) mass is 281 g/mol. The van der Waals surface area contributed by atoms with Gasteiger partial charge in [-0.1, -0.05) is 48.5 Å². The van der Waals surface area contributed by atoms with E-state index in [2.05, 4.69) is 5.32 Å². The Balaban J connectivity index is 1.65. The predicted molar refractivity (Wildman–Crippen MR) is 79.5 cm³/mol. The van der Waals surface area contributed by atoms with Crippen LogP contribution in [0.4, 0.5) is 0 Å². The number of amides is 1. The summed E-state index contributed by atoms with van der Waals surface area (Å²) in [7, 11) is 0. The third kappa shape index (κ3) is 2.95. The lowest BCUT2D eigenvalue weighted by atomic mass is 10.1. The van der Waals surface area contributed by atoms with Gasteiger partial charge >= 0.3 is 0 Å². The van der Waals surface area contributed by atoms with Crippen LogP contribution in [-0.4, -0.2) is 11.0 Å². The number of hydrogen-bond acceptors (Lipinski definition) is 3. The molecule has 0 fully saturated rings. The number of furan rings is 1. The summed E-state index contributed by atoms with van der Waals surface area (Å²) >= 11 is 0. The largest absolute Gasteiger partial charge is 0.459 e. The molecule has 0 saturated heterocycles. The van der Waals surface area contributed by atoms with E-state index in [-0.39, 0.29) is 6.54 Å². The normalized spacial score (nSPS) is 12.2. The number of carbonyl (C=O) groups is 1. The van der Waals surface area contributed by atoms with E-state index in [4.69, 9.17) is 4.42 Å². The molecule has 1 atom stereocenters. The fraction of sp³-hybridized carbons (Fsp3) is 0.118. The molecule has 106 valence electrons. The fourth-order valence-electron chi connectivity index (χ4n) is 2.18.